The van der Waals surface area contributed by atoms with E-state index < -0.39 is 5.66 Å². The van der Waals surface area contributed by atoms with E-state index in [-0.39, 0.29) is 28.9 Å². The molecule has 0 atom stereocenters. The number of aliphatic imine (C=N–C) groups is 2. The third-order valence-electron chi connectivity index (χ3n) is 5.52. The third-order valence-corrected chi connectivity index (χ3v) is 6.21. The molecule has 1 aliphatic carbocycles. The smallest absolute Gasteiger partial charge is 0.226 e. The summed E-state index contributed by atoms with van der Waals surface area (Å²) in [7, 11) is 0. The molecular weight excluding hydrogens is 486 g/mol. The molecule has 28 heavy (non-hydrogen) atoms. The van der Waals surface area contributed by atoms with E-state index >= 15 is 0 Å². The Kier molecular flexibility index (Phi) is 6.31. The van der Waals surface area contributed by atoms with E-state index in [9.17, 15) is 0 Å². The first kappa shape index (κ1) is 21.1. The van der Waals surface area contributed by atoms with Crippen molar-refractivity contribution in [3.8, 4) is 0 Å². The van der Waals surface area contributed by atoms with Crippen LogP contribution in [0.25, 0.3) is 10.8 Å². The molecule has 0 unspecified atom stereocenters. The van der Waals surface area contributed by atoms with Gasteiger partial charge in [0.25, 0.3) is 0 Å². The number of guanidine groups is 2. The van der Waals surface area contributed by atoms with Crippen LogP contribution in [-0.4, -0.2) is 22.6 Å². The Bertz CT molecular complexity index is 922. The van der Waals surface area contributed by atoms with Gasteiger partial charge in [-0.1, -0.05) is 53.2 Å². The highest BCUT2D eigenvalue weighted by molar-refractivity contribution is 9.10. The summed E-state index contributed by atoms with van der Waals surface area (Å²) in [4.78, 5) is 15.0. The Morgan fingerprint density at radius 1 is 1.14 bits per heavy atom. The van der Waals surface area contributed by atoms with Gasteiger partial charge in [0.1, 0.15) is 6.61 Å². The van der Waals surface area contributed by atoms with E-state index in [1.807, 2.05) is 18.2 Å². The normalized spacial score (nSPS) is 24.6. The van der Waals surface area contributed by atoms with Gasteiger partial charge in [0.2, 0.25) is 11.9 Å². The van der Waals surface area contributed by atoms with Crippen LogP contribution in [0.1, 0.15) is 38.2 Å². The molecule has 0 bridgehead atoms. The zero-order valence-electron chi connectivity index (χ0n) is 15.8. The first-order valence-corrected chi connectivity index (χ1v) is 10.1. The summed E-state index contributed by atoms with van der Waals surface area (Å²) in [5.41, 5.74) is 12.7. The summed E-state index contributed by atoms with van der Waals surface area (Å²) in [6, 6.07) is 12.4. The second-order valence-corrected chi connectivity index (χ2v) is 8.28. The number of fused-ring (bicyclic) bond motifs is 1. The maximum Gasteiger partial charge on any atom is 0.226 e. The first-order valence-electron chi connectivity index (χ1n) is 9.27. The summed E-state index contributed by atoms with van der Waals surface area (Å²) in [5.74, 6) is 1.18. The number of hydroxylamine groups is 2. The molecule has 1 heterocycles. The largest absolute Gasteiger partial charge is 0.368 e. The van der Waals surface area contributed by atoms with Gasteiger partial charge in [0.05, 0.1) is 0 Å². The van der Waals surface area contributed by atoms with Gasteiger partial charge in [-0.3, -0.25) is 4.84 Å². The fourth-order valence-electron chi connectivity index (χ4n) is 3.97. The molecule has 0 aromatic heterocycles. The van der Waals surface area contributed by atoms with Crippen LogP contribution >= 0.6 is 32.9 Å². The predicted molar refractivity (Wildman–Crippen MR) is 122 cm³/mol. The quantitative estimate of drug-likeness (QED) is 0.637. The van der Waals surface area contributed by atoms with Crippen molar-refractivity contribution in [2.75, 3.05) is 0 Å². The topological polar surface area (TPSA) is 89.2 Å². The van der Waals surface area contributed by atoms with Crippen LogP contribution in [0, 0.1) is 5.92 Å². The molecular formula is C20H25Br2N5O. The summed E-state index contributed by atoms with van der Waals surface area (Å²) in [5, 5.41) is 3.99. The summed E-state index contributed by atoms with van der Waals surface area (Å²) in [6.07, 6.45) is 3.83. The van der Waals surface area contributed by atoms with Crippen molar-refractivity contribution in [2.45, 2.75) is 44.9 Å². The molecule has 2 aromatic carbocycles. The van der Waals surface area contributed by atoms with Gasteiger partial charge in [-0.25, -0.2) is 4.99 Å². The Labute approximate surface area is 183 Å². The summed E-state index contributed by atoms with van der Waals surface area (Å²) in [6.45, 7) is 2.65. The Hall–Kier alpha value is -1.64. The van der Waals surface area contributed by atoms with Gasteiger partial charge in [0, 0.05) is 4.47 Å². The molecule has 8 heteroatoms. The second-order valence-electron chi connectivity index (χ2n) is 7.42. The van der Waals surface area contributed by atoms with Crippen LogP contribution in [0.15, 0.2) is 50.9 Å². The van der Waals surface area contributed by atoms with E-state index in [2.05, 4.69) is 51.0 Å². The molecule has 1 spiro atoms. The lowest BCUT2D eigenvalue weighted by molar-refractivity contribution is -0.187. The highest BCUT2D eigenvalue weighted by Crippen LogP contribution is 2.39. The standard InChI is InChI=1S/C20H24BrN5O.BrH/c1-13-8-10-20(11-9-13)25-18(22)24-19(23)26(20)27-12-14-6-7-17(21)16-5-3-2-4-15(14)16;/h2-7,13H,8-12H2,1H3,(H4,22,23,24,25);1H. The van der Waals surface area contributed by atoms with Crippen molar-refractivity contribution in [2.24, 2.45) is 27.4 Å². The minimum Gasteiger partial charge on any atom is -0.368 e. The van der Waals surface area contributed by atoms with Crippen molar-refractivity contribution in [1.29, 1.82) is 0 Å². The van der Waals surface area contributed by atoms with Gasteiger partial charge in [-0.2, -0.15) is 10.1 Å². The number of hydrogen-bond donors (Lipinski definition) is 2. The molecule has 2 aromatic rings. The number of nitrogens with two attached hydrogens (primary N) is 2. The lowest BCUT2D eigenvalue weighted by atomic mass is 9.82. The Balaban J connectivity index is 0.00000225. The molecule has 0 amide bonds. The van der Waals surface area contributed by atoms with Crippen LogP contribution in [0.4, 0.5) is 0 Å². The van der Waals surface area contributed by atoms with Crippen LogP contribution in [0.2, 0.25) is 0 Å². The molecule has 6 nitrogen and oxygen atoms in total. The van der Waals surface area contributed by atoms with Gasteiger partial charge in [-0.15, -0.1) is 17.0 Å². The number of hydrogen-bond acceptors (Lipinski definition) is 6. The minimum absolute atomic E-state index is 0. The Morgan fingerprint density at radius 2 is 1.82 bits per heavy atom. The zero-order chi connectivity index (χ0) is 19.0. The summed E-state index contributed by atoms with van der Waals surface area (Å²) < 4.78 is 1.07. The number of nitrogens with zero attached hydrogens (tertiary/aromatic N) is 3. The van der Waals surface area contributed by atoms with Crippen LogP contribution in [0.3, 0.4) is 0 Å². The van der Waals surface area contributed by atoms with E-state index in [1.54, 1.807) is 5.06 Å². The van der Waals surface area contributed by atoms with E-state index in [4.69, 9.17) is 16.3 Å². The van der Waals surface area contributed by atoms with Crippen molar-refractivity contribution < 1.29 is 4.84 Å². The highest BCUT2D eigenvalue weighted by Gasteiger charge is 2.44. The van der Waals surface area contributed by atoms with E-state index in [0.29, 0.717) is 12.5 Å². The molecule has 150 valence electrons. The van der Waals surface area contributed by atoms with Crippen molar-refractivity contribution in [3.05, 3.63) is 46.4 Å². The van der Waals surface area contributed by atoms with Crippen molar-refractivity contribution in [3.63, 3.8) is 0 Å². The predicted octanol–water partition coefficient (Wildman–Crippen LogP) is 4.46. The van der Waals surface area contributed by atoms with Crippen LogP contribution in [-0.2, 0) is 11.4 Å². The third kappa shape index (κ3) is 3.90. The SMILES string of the molecule is Br.CC1CCC2(CC1)N=C(N)N=C(N)N2OCc1ccc(Br)c2ccccc12. The van der Waals surface area contributed by atoms with E-state index in [0.717, 1.165) is 46.5 Å². The maximum absolute atomic E-state index is 6.21. The second kappa shape index (κ2) is 8.39. The fraction of sp³-hybridized carbons (Fsp3) is 0.400. The molecule has 0 radical (unpaired) electrons. The lowest BCUT2D eigenvalue weighted by Crippen LogP contribution is -2.58. The van der Waals surface area contributed by atoms with Crippen molar-refractivity contribution in [1.82, 2.24) is 5.06 Å². The molecule has 1 fully saturated rings. The molecule has 4 N–H and O–H groups in total. The van der Waals surface area contributed by atoms with Gasteiger partial charge in [0.15, 0.2) is 5.66 Å². The first-order chi connectivity index (χ1) is 13.0. The number of halogens is 2. The number of rotatable bonds is 3. The van der Waals surface area contributed by atoms with Gasteiger partial charge in [-0.05, 0) is 54.0 Å². The average molecular weight is 511 g/mol. The minimum atomic E-state index is -0.548. The number of benzene rings is 2. The van der Waals surface area contributed by atoms with Gasteiger partial charge >= 0.3 is 0 Å². The van der Waals surface area contributed by atoms with Crippen LogP contribution in [0.5, 0.6) is 0 Å². The maximum atomic E-state index is 6.21. The van der Waals surface area contributed by atoms with Crippen molar-refractivity contribution >= 4 is 55.6 Å². The molecule has 1 saturated carbocycles. The lowest BCUT2D eigenvalue weighted by Gasteiger charge is -2.45. The van der Waals surface area contributed by atoms with Gasteiger partial charge < -0.3 is 11.5 Å². The average Bonchev–Trinajstić information content (AvgIpc) is 2.65. The zero-order valence-corrected chi connectivity index (χ0v) is 19.1. The Morgan fingerprint density at radius 3 is 2.54 bits per heavy atom. The fourth-order valence-corrected chi connectivity index (χ4v) is 4.45. The molecule has 0 saturated heterocycles. The summed E-state index contributed by atoms with van der Waals surface area (Å²) >= 11 is 3.62. The molecule has 4 rings (SSSR count). The molecule has 1 aliphatic heterocycles. The van der Waals surface area contributed by atoms with Crippen LogP contribution < -0.4 is 11.5 Å². The highest BCUT2D eigenvalue weighted by atomic mass is 79.9. The van der Waals surface area contributed by atoms with E-state index in [1.165, 1.54) is 0 Å². The monoisotopic (exact) mass is 509 g/mol. The molecule has 2 aliphatic rings.